The minimum atomic E-state index is 0.579. The molecule has 0 atom stereocenters. The van der Waals surface area contributed by atoms with Crippen molar-refractivity contribution in [3.05, 3.63) is 63.1 Å². The molecule has 116 valence electrons. The summed E-state index contributed by atoms with van der Waals surface area (Å²) in [6, 6.07) is 13.6. The Kier molecular flexibility index (Phi) is 6.74. The molecule has 0 amide bonds. The average Bonchev–Trinajstić information content (AvgIpc) is 2.52. The molecule has 2 rings (SSSR count). The minimum absolute atomic E-state index is 0.579. The summed E-state index contributed by atoms with van der Waals surface area (Å²) in [4.78, 5) is 0. The van der Waals surface area contributed by atoms with Crippen molar-refractivity contribution in [1.82, 2.24) is 5.43 Å². The molecule has 5 heteroatoms. The van der Waals surface area contributed by atoms with Gasteiger partial charge in [0.25, 0.3) is 0 Å². The van der Waals surface area contributed by atoms with Crippen molar-refractivity contribution in [2.75, 3.05) is 6.61 Å². The predicted molar refractivity (Wildman–Crippen MR) is 95.8 cm³/mol. The van der Waals surface area contributed by atoms with Crippen LogP contribution in [0.2, 0.25) is 5.02 Å². The maximum Gasteiger partial charge on any atom is 0.128 e. The summed E-state index contributed by atoms with van der Waals surface area (Å²) in [6.45, 7) is 3.35. The topological polar surface area (TPSA) is 33.6 Å². The van der Waals surface area contributed by atoms with Crippen LogP contribution in [-0.4, -0.2) is 12.8 Å². The van der Waals surface area contributed by atoms with Crippen LogP contribution in [0.3, 0.4) is 0 Å². The molecule has 0 radical (unpaired) electrons. The zero-order valence-electron chi connectivity index (χ0n) is 12.4. The standard InChI is InChI=1S/C17H18BrClN2O/c1-2-9-22-17-8-7-15(18)10-14(17)12-21-20-11-13-5-3-4-6-16(13)19/h3-8,10,12,20H,2,9,11H2,1H3/b21-12-. The van der Waals surface area contributed by atoms with E-state index >= 15 is 0 Å². The molecule has 22 heavy (non-hydrogen) atoms. The second-order valence-electron chi connectivity index (χ2n) is 4.72. The molecule has 0 aliphatic carbocycles. The lowest BCUT2D eigenvalue weighted by Gasteiger charge is -2.08. The molecule has 0 unspecified atom stereocenters. The van der Waals surface area contributed by atoms with Gasteiger partial charge in [0.2, 0.25) is 0 Å². The summed E-state index contributed by atoms with van der Waals surface area (Å²) >= 11 is 9.57. The third-order valence-corrected chi connectivity index (χ3v) is 3.82. The van der Waals surface area contributed by atoms with Crippen LogP contribution in [0.1, 0.15) is 24.5 Å². The van der Waals surface area contributed by atoms with Crippen molar-refractivity contribution in [2.24, 2.45) is 5.10 Å². The number of halogens is 2. The largest absolute Gasteiger partial charge is 0.493 e. The molecule has 0 bridgehead atoms. The first-order valence-corrected chi connectivity index (χ1v) is 8.29. The van der Waals surface area contributed by atoms with E-state index in [1.165, 1.54) is 0 Å². The van der Waals surface area contributed by atoms with E-state index in [2.05, 4.69) is 33.4 Å². The molecule has 0 aromatic heterocycles. The highest BCUT2D eigenvalue weighted by Gasteiger charge is 2.02. The third kappa shape index (κ3) is 5.04. The maximum absolute atomic E-state index is 6.11. The van der Waals surface area contributed by atoms with Crippen LogP contribution in [0.4, 0.5) is 0 Å². The Morgan fingerprint density at radius 2 is 2.09 bits per heavy atom. The van der Waals surface area contributed by atoms with Gasteiger partial charge in [-0.05, 0) is 36.2 Å². The fraction of sp³-hybridized carbons (Fsp3) is 0.235. The fourth-order valence-corrected chi connectivity index (χ4v) is 2.43. The quantitative estimate of drug-likeness (QED) is 0.540. The molecule has 0 spiro atoms. The van der Waals surface area contributed by atoms with E-state index in [4.69, 9.17) is 16.3 Å². The Balaban J connectivity index is 2.00. The third-order valence-electron chi connectivity index (χ3n) is 2.96. The van der Waals surface area contributed by atoms with Crippen molar-refractivity contribution in [3.63, 3.8) is 0 Å². The number of hydrogen-bond acceptors (Lipinski definition) is 3. The number of rotatable bonds is 7. The Morgan fingerprint density at radius 1 is 1.27 bits per heavy atom. The highest BCUT2D eigenvalue weighted by atomic mass is 79.9. The lowest BCUT2D eigenvalue weighted by atomic mass is 10.2. The van der Waals surface area contributed by atoms with Gasteiger partial charge in [-0.15, -0.1) is 0 Å². The fourth-order valence-electron chi connectivity index (χ4n) is 1.85. The van der Waals surface area contributed by atoms with Gasteiger partial charge in [0, 0.05) is 15.1 Å². The van der Waals surface area contributed by atoms with Gasteiger partial charge < -0.3 is 10.2 Å². The Morgan fingerprint density at radius 3 is 2.86 bits per heavy atom. The van der Waals surface area contributed by atoms with Crippen LogP contribution in [0.5, 0.6) is 5.75 Å². The number of nitrogens with zero attached hydrogens (tertiary/aromatic N) is 1. The Labute approximate surface area is 144 Å². The van der Waals surface area contributed by atoms with Gasteiger partial charge in [0.15, 0.2) is 0 Å². The zero-order chi connectivity index (χ0) is 15.8. The van der Waals surface area contributed by atoms with Crippen LogP contribution in [-0.2, 0) is 6.54 Å². The van der Waals surface area contributed by atoms with E-state index in [0.717, 1.165) is 32.8 Å². The zero-order valence-corrected chi connectivity index (χ0v) is 14.7. The maximum atomic E-state index is 6.11. The van der Waals surface area contributed by atoms with E-state index < -0.39 is 0 Å². The highest BCUT2D eigenvalue weighted by Crippen LogP contribution is 2.22. The van der Waals surface area contributed by atoms with Gasteiger partial charge in [-0.3, -0.25) is 0 Å². The van der Waals surface area contributed by atoms with Crippen LogP contribution >= 0.6 is 27.5 Å². The Bertz CT molecular complexity index is 646. The van der Waals surface area contributed by atoms with Gasteiger partial charge in [-0.25, -0.2) is 0 Å². The molecule has 0 saturated heterocycles. The summed E-state index contributed by atoms with van der Waals surface area (Å²) in [5.41, 5.74) is 4.95. The monoisotopic (exact) mass is 380 g/mol. The number of benzene rings is 2. The van der Waals surface area contributed by atoms with Crippen molar-refractivity contribution in [3.8, 4) is 5.75 Å². The summed E-state index contributed by atoms with van der Waals surface area (Å²) in [5, 5.41) is 4.99. The molecule has 0 heterocycles. The lowest BCUT2D eigenvalue weighted by Crippen LogP contribution is -2.06. The first-order chi connectivity index (χ1) is 10.7. The van der Waals surface area contributed by atoms with Crippen LogP contribution < -0.4 is 10.2 Å². The molecule has 0 aliphatic heterocycles. The van der Waals surface area contributed by atoms with Crippen molar-refractivity contribution in [1.29, 1.82) is 0 Å². The van der Waals surface area contributed by atoms with Crippen molar-refractivity contribution >= 4 is 33.7 Å². The molecule has 0 saturated carbocycles. The van der Waals surface area contributed by atoms with Crippen LogP contribution in [0.15, 0.2) is 52.0 Å². The van der Waals surface area contributed by atoms with Gasteiger partial charge in [-0.1, -0.05) is 52.7 Å². The van der Waals surface area contributed by atoms with E-state index in [9.17, 15) is 0 Å². The minimum Gasteiger partial charge on any atom is -0.493 e. The summed E-state index contributed by atoms with van der Waals surface area (Å²) < 4.78 is 6.70. The molecule has 0 fully saturated rings. The molecular formula is C17H18BrClN2O. The number of nitrogens with one attached hydrogen (secondary N) is 1. The van der Waals surface area contributed by atoms with Crippen molar-refractivity contribution in [2.45, 2.75) is 19.9 Å². The van der Waals surface area contributed by atoms with E-state index in [1.807, 2.05) is 42.5 Å². The second-order valence-corrected chi connectivity index (χ2v) is 6.04. The van der Waals surface area contributed by atoms with Gasteiger partial charge in [-0.2, -0.15) is 5.10 Å². The number of hydrogen-bond donors (Lipinski definition) is 1. The lowest BCUT2D eigenvalue weighted by molar-refractivity contribution is 0.317. The number of hydrazone groups is 1. The van der Waals surface area contributed by atoms with E-state index in [-0.39, 0.29) is 0 Å². The first kappa shape index (κ1) is 16.8. The molecule has 3 nitrogen and oxygen atoms in total. The van der Waals surface area contributed by atoms with Gasteiger partial charge >= 0.3 is 0 Å². The average molecular weight is 382 g/mol. The molecule has 2 aromatic rings. The smallest absolute Gasteiger partial charge is 0.128 e. The predicted octanol–water partition coefficient (Wildman–Crippen LogP) is 5.02. The molecule has 0 aliphatic rings. The summed E-state index contributed by atoms with van der Waals surface area (Å²) in [7, 11) is 0. The normalized spacial score (nSPS) is 10.9. The highest BCUT2D eigenvalue weighted by molar-refractivity contribution is 9.10. The SMILES string of the molecule is CCCOc1ccc(Br)cc1/C=N\NCc1ccccc1Cl. The molecule has 1 N–H and O–H groups in total. The second kappa shape index (κ2) is 8.81. The van der Waals surface area contributed by atoms with Crippen LogP contribution in [0, 0.1) is 0 Å². The van der Waals surface area contributed by atoms with Crippen molar-refractivity contribution < 1.29 is 4.74 Å². The van der Waals surface area contributed by atoms with E-state index in [1.54, 1.807) is 6.21 Å². The number of ether oxygens (including phenoxy) is 1. The molecular weight excluding hydrogens is 364 g/mol. The van der Waals surface area contributed by atoms with E-state index in [0.29, 0.717) is 13.2 Å². The summed E-state index contributed by atoms with van der Waals surface area (Å²) in [5.74, 6) is 0.827. The van der Waals surface area contributed by atoms with Crippen LogP contribution in [0.25, 0.3) is 0 Å². The molecule has 2 aromatic carbocycles. The first-order valence-electron chi connectivity index (χ1n) is 7.12. The van der Waals surface area contributed by atoms with Gasteiger partial charge in [0.1, 0.15) is 5.75 Å². The summed E-state index contributed by atoms with van der Waals surface area (Å²) in [6.07, 6.45) is 2.73. The Hall–Kier alpha value is -1.52. The van der Waals surface area contributed by atoms with Gasteiger partial charge in [0.05, 0.1) is 19.4 Å².